The number of rotatable bonds is 6. The lowest BCUT2D eigenvalue weighted by Gasteiger charge is -2.37. The summed E-state index contributed by atoms with van der Waals surface area (Å²) in [7, 11) is -0.178. The van der Waals surface area contributed by atoms with Crippen molar-refractivity contribution in [3.05, 3.63) is 35.9 Å². The van der Waals surface area contributed by atoms with E-state index in [4.69, 9.17) is 14.0 Å². The van der Waals surface area contributed by atoms with Gasteiger partial charge in [-0.25, -0.2) is 0 Å². The second-order valence-electron chi connectivity index (χ2n) is 9.59. The zero-order chi connectivity index (χ0) is 20.4. The SMILES string of the molecule is CC1(C)OB(CC[C@H]2CNC[C@@](C)(C(=O)OCc3ccccc3)C2)OC1(C)C. The van der Waals surface area contributed by atoms with Crippen LogP contribution in [0.5, 0.6) is 0 Å². The second kappa shape index (κ2) is 8.17. The van der Waals surface area contributed by atoms with E-state index in [1.807, 2.05) is 37.3 Å². The molecule has 154 valence electrons. The van der Waals surface area contributed by atoms with Gasteiger partial charge in [-0.05, 0) is 65.4 Å². The number of benzene rings is 1. The van der Waals surface area contributed by atoms with Gasteiger partial charge in [0.2, 0.25) is 0 Å². The molecule has 5 nitrogen and oxygen atoms in total. The molecule has 3 rings (SSSR count). The molecule has 0 amide bonds. The maximum absolute atomic E-state index is 12.8. The number of carbonyl (C=O) groups excluding carboxylic acids is 1. The fraction of sp³-hybridized carbons (Fsp3) is 0.682. The molecule has 2 aliphatic rings. The molecule has 0 spiro atoms. The molecule has 0 saturated carbocycles. The van der Waals surface area contributed by atoms with Gasteiger partial charge in [0.25, 0.3) is 0 Å². The number of nitrogens with one attached hydrogen (secondary N) is 1. The minimum Gasteiger partial charge on any atom is -0.460 e. The summed E-state index contributed by atoms with van der Waals surface area (Å²) in [4.78, 5) is 12.8. The van der Waals surface area contributed by atoms with Crippen LogP contribution in [-0.2, 0) is 25.4 Å². The quantitative estimate of drug-likeness (QED) is 0.594. The Morgan fingerprint density at radius 3 is 2.43 bits per heavy atom. The van der Waals surface area contributed by atoms with Gasteiger partial charge in [0.15, 0.2) is 0 Å². The predicted molar refractivity (Wildman–Crippen MR) is 111 cm³/mol. The van der Waals surface area contributed by atoms with E-state index in [-0.39, 0.29) is 24.3 Å². The molecular formula is C22H34BNO4. The third kappa shape index (κ3) is 4.78. The van der Waals surface area contributed by atoms with Gasteiger partial charge in [-0.1, -0.05) is 36.8 Å². The van der Waals surface area contributed by atoms with Crippen molar-refractivity contribution in [2.24, 2.45) is 11.3 Å². The summed E-state index contributed by atoms with van der Waals surface area (Å²) < 4.78 is 17.8. The summed E-state index contributed by atoms with van der Waals surface area (Å²) >= 11 is 0. The van der Waals surface area contributed by atoms with E-state index in [0.29, 0.717) is 19.1 Å². The Kier molecular flexibility index (Phi) is 6.23. The van der Waals surface area contributed by atoms with Crippen LogP contribution in [0.25, 0.3) is 0 Å². The lowest BCUT2D eigenvalue weighted by molar-refractivity contribution is -0.158. The molecule has 1 N–H and O–H groups in total. The molecular weight excluding hydrogens is 353 g/mol. The van der Waals surface area contributed by atoms with Crippen molar-refractivity contribution in [1.29, 1.82) is 0 Å². The minimum absolute atomic E-state index is 0.121. The molecule has 0 bridgehead atoms. The number of hydrogen-bond acceptors (Lipinski definition) is 5. The summed E-state index contributed by atoms with van der Waals surface area (Å²) in [6.45, 7) is 12.2. The topological polar surface area (TPSA) is 56.8 Å². The first-order chi connectivity index (χ1) is 13.1. The van der Waals surface area contributed by atoms with Crippen molar-refractivity contribution in [2.75, 3.05) is 13.1 Å². The third-order valence-electron chi connectivity index (χ3n) is 6.51. The maximum Gasteiger partial charge on any atom is 0.457 e. The Hall–Kier alpha value is -1.37. The molecule has 28 heavy (non-hydrogen) atoms. The first-order valence-electron chi connectivity index (χ1n) is 10.4. The molecule has 2 atom stereocenters. The molecule has 0 unspecified atom stereocenters. The monoisotopic (exact) mass is 387 g/mol. The molecule has 2 heterocycles. The van der Waals surface area contributed by atoms with Gasteiger partial charge in [-0.15, -0.1) is 0 Å². The largest absolute Gasteiger partial charge is 0.460 e. The van der Waals surface area contributed by atoms with Crippen LogP contribution in [0.3, 0.4) is 0 Å². The van der Waals surface area contributed by atoms with Gasteiger partial charge in [-0.2, -0.15) is 0 Å². The number of carbonyl (C=O) groups is 1. The van der Waals surface area contributed by atoms with E-state index in [9.17, 15) is 4.79 Å². The van der Waals surface area contributed by atoms with Crippen molar-refractivity contribution >= 4 is 13.1 Å². The van der Waals surface area contributed by atoms with E-state index >= 15 is 0 Å². The lowest BCUT2D eigenvalue weighted by Crippen LogP contribution is -2.48. The van der Waals surface area contributed by atoms with Gasteiger partial charge >= 0.3 is 13.1 Å². The number of piperidine rings is 1. The van der Waals surface area contributed by atoms with Gasteiger partial charge in [0.1, 0.15) is 6.61 Å². The van der Waals surface area contributed by atoms with Gasteiger partial charge in [-0.3, -0.25) is 4.79 Å². The molecule has 2 fully saturated rings. The molecule has 1 aromatic carbocycles. The Morgan fingerprint density at radius 1 is 1.14 bits per heavy atom. The Labute approximate surface area is 169 Å². The first-order valence-corrected chi connectivity index (χ1v) is 10.4. The highest BCUT2D eigenvalue weighted by Gasteiger charge is 2.51. The van der Waals surface area contributed by atoms with E-state index in [1.165, 1.54) is 0 Å². The molecule has 0 aromatic heterocycles. The van der Waals surface area contributed by atoms with Crippen molar-refractivity contribution in [1.82, 2.24) is 5.32 Å². The molecule has 2 saturated heterocycles. The molecule has 2 aliphatic heterocycles. The average Bonchev–Trinajstić information content (AvgIpc) is 2.85. The van der Waals surface area contributed by atoms with Crippen LogP contribution < -0.4 is 5.32 Å². The molecule has 6 heteroatoms. The van der Waals surface area contributed by atoms with Crippen molar-refractivity contribution in [3.8, 4) is 0 Å². The standard InChI is InChI=1S/C22H34BNO4/c1-20(2)21(3,4)28-23(27-20)12-11-18-13-22(5,16-24-14-18)19(25)26-15-17-9-7-6-8-10-17/h6-10,18,24H,11-16H2,1-5H3/t18-,22+/m1/s1. The molecule has 0 radical (unpaired) electrons. The summed E-state index contributed by atoms with van der Waals surface area (Å²) in [5.74, 6) is 0.284. The van der Waals surface area contributed by atoms with Crippen molar-refractivity contribution in [2.45, 2.75) is 71.6 Å². The van der Waals surface area contributed by atoms with E-state index in [2.05, 4.69) is 33.0 Å². The smallest absolute Gasteiger partial charge is 0.457 e. The van der Waals surface area contributed by atoms with Crippen LogP contribution in [0.4, 0.5) is 0 Å². The first kappa shape index (κ1) is 21.3. The summed E-state index contributed by atoms with van der Waals surface area (Å²) in [6.07, 6.45) is 2.63. The number of ether oxygens (including phenoxy) is 1. The maximum atomic E-state index is 12.8. The zero-order valence-corrected chi connectivity index (χ0v) is 17.9. The van der Waals surface area contributed by atoms with Crippen LogP contribution >= 0.6 is 0 Å². The van der Waals surface area contributed by atoms with Crippen molar-refractivity contribution < 1.29 is 18.8 Å². The summed E-state index contributed by atoms with van der Waals surface area (Å²) in [5.41, 5.74) is -0.0649. The fourth-order valence-corrected chi connectivity index (χ4v) is 4.05. The molecule has 1 aromatic rings. The van der Waals surface area contributed by atoms with Crippen molar-refractivity contribution in [3.63, 3.8) is 0 Å². The normalized spacial score (nSPS) is 28.9. The van der Waals surface area contributed by atoms with E-state index in [1.54, 1.807) is 0 Å². The Morgan fingerprint density at radius 2 is 1.79 bits per heavy atom. The highest BCUT2D eigenvalue weighted by atomic mass is 16.7. The second-order valence-corrected chi connectivity index (χ2v) is 9.59. The van der Waals surface area contributed by atoms with Crippen LogP contribution in [0.2, 0.25) is 6.32 Å². The van der Waals surface area contributed by atoms with Crippen LogP contribution in [0.1, 0.15) is 53.0 Å². The van der Waals surface area contributed by atoms with Gasteiger partial charge in [0, 0.05) is 6.54 Å². The number of esters is 1. The zero-order valence-electron chi connectivity index (χ0n) is 17.9. The minimum atomic E-state index is -0.492. The van der Waals surface area contributed by atoms with Crippen LogP contribution in [0.15, 0.2) is 30.3 Å². The predicted octanol–water partition coefficient (Wildman–Crippen LogP) is 3.83. The Balaban J connectivity index is 1.49. The van der Waals surface area contributed by atoms with E-state index in [0.717, 1.165) is 31.3 Å². The summed E-state index contributed by atoms with van der Waals surface area (Å²) in [6, 6.07) is 9.82. The lowest BCUT2D eigenvalue weighted by atomic mass is 9.72. The highest BCUT2D eigenvalue weighted by molar-refractivity contribution is 6.45. The van der Waals surface area contributed by atoms with Crippen LogP contribution in [0, 0.1) is 11.3 Å². The third-order valence-corrected chi connectivity index (χ3v) is 6.51. The van der Waals surface area contributed by atoms with Gasteiger partial charge < -0.3 is 19.4 Å². The molecule has 0 aliphatic carbocycles. The van der Waals surface area contributed by atoms with Crippen LogP contribution in [-0.4, -0.2) is 37.4 Å². The van der Waals surface area contributed by atoms with Gasteiger partial charge in [0.05, 0.1) is 16.6 Å². The van der Waals surface area contributed by atoms with E-state index < -0.39 is 5.41 Å². The fourth-order valence-electron chi connectivity index (χ4n) is 4.05. The highest BCUT2D eigenvalue weighted by Crippen LogP contribution is 2.39. The number of hydrogen-bond donors (Lipinski definition) is 1. The Bertz CT molecular complexity index is 662. The summed E-state index contributed by atoms with van der Waals surface area (Å²) in [5, 5.41) is 3.43. The average molecular weight is 387 g/mol.